The second-order valence-electron chi connectivity index (χ2n) is 4.75. The van der Waals surface area contributed by atoms with Crippen molar-refractivity contribution in [2.75, 3.05) is 13.6 Å². The molecule has 0 aliphatic carbocycles. The Morgan fingerprint density at radius 3 is 2.89 bits per heavy atom. The van der Waals surface area contributed by atoms with Gasteiger partial charge in [-0.2, -0.15) is 0 Å². The lowest BCUT2D eigenvalue weighted by molar-refractivity contribution is 0.0891. The van der Waals surface area contributed by atoms with Gasteiger partial charge >= 0.3 is 0 Å². The quantitative estimate of drug-likeness (QED) is 0.880. The van der Waals surface area contributed by atoms with E-state index in [0.29, 0.717) is 16.9 Å². The Balaban J connectivity index is 1.93. The van der Waals surface area contributed by atoms with E-state index in [1.54, 1.807) is 0 Å². The van der Waals surface area contributed by atoms with E-state index in [4.69, 9.17) is 11.6 Å². The number of nitrogens with one attached hydrogen (secondary N) is 1. The molecular weight excluding hydrogens is 252 g/mol. The number of amides is 1. The van der Waals surface area contributed by atoms with Gasteiger partial charge in [0.05, 0.1) is 12.4 Å². The summed E-state index contributed by atoms with van der Waals surface area (Å²) >= 11 is 5.63. The zero-order valence-corrected chi connectivity index (χ0v) is 11.3. The number of halogens is 1. The molecule has 0 radical (unpaired) electrons. The van der Waals surface area contributed by atoms with Crippen molar-refractivity contribution < 1.29 is 4.79 Å². The van der Waals surface area contributed by atoms with Gasteiger partial charge in [0.15, 0.2) is 0 Å². The molecular formula is C12H17ClN4O. The average molecular weight is 269 g/mol. The fourth-order valence-electron chi connectivity index (χ4n) is 2.11. The van der Waals surface area contributed by atoms with Crippen molar-refractivity contribution in [3.8, 4) is 0 Å². The lowest BCUT2D eigenvalue weighted by Gasteiger charge is -2.35. The molecule has 2 heterocycles. The fourth-order valence-corrected chi connectivity index (χ4v) is 2.21. The molecule has 98 valence electrons. The minimum atomic E-state index is -0.180. The molecule has 1 N–H and O–H groups in total. The number of hydrogen-bond acceptors (Lipinski definition) is 4. The van der Waals surface area contributed by atoms with Crippen molar-refractivity contribution in [2.45, 2.75) is 31.8 Å². The number of rotatable bonds is 2. The Morgan fingerprint density at radius 2 is 2.28 bits per heavy atom. The standard InChI is InChI=1S/C12H17ClN4O/c1-8-5-9(3-4-17(8)2)16-12(18)10-6-15-11(13)7-14-10/h6-9H,3-5H2,1-2H3,(H,16,18). The first-order valence-electron chi connectivity index (χ1n) is 6.05. The molecule has 18 heavy (non-hydrogen) atoms. The highest BCUT2D eigenvalue weighted by Gasteiger charge is 2.24. The predicted molar refractivity (Wildman–Crippen MR) is 69.6 cm³/mol. The zero-order chi connectivity index (χ0) is 13.1. The number of aromatic nitrogens is 2. The third kappa shape index (κ3) is 3.17. The third-order valence-electron chi connectivity index (χ3n) is 3.40. The largest absolute Gasteiger partial charge is 0.348 e. The molecule has 0 aromatic carbocycles. The average Bonchev–Trinajstić information content (AvgIpc) is 2.34. The number of piperidine rings is 1. The third-order valence-corrected chi connectivity index (χ3v) is 3.59. The second-order valence-corrected chi connectivity index (χ2v) is 5.14. The Morgan fingerprint density at radius 1 is 1.50 bits per heavy atom. The van der Waals surface area contributed by atoms with Crippen LogP contribution < -0.4 is 5.32 Å². The van der Waals surface area contributed by atoms with E-state index in [1.807, 2.05) is 0 Å². The zero-order valence-electron chi connectivity index (χ0n) is 10.6. The summed E-state index contributed by atoms with van der Waals surface area (Å²) < 4.78 is 0. The Kier molecular flexibility index (Phi) is 4.14. The summed E-state index contributed by atoms with van der Waals surface area (Å²) in [6.45, 7) is 3.17. The number of nitrogens with zero attached hydrogens (tertiary/aromatic N) is 3. The van der Waals surface area contributed by atoms with Gasteiger partial charge in [0, 0.05) is 18.6 Å². The molecule has 2 unspecified atom stereocenters. The molecule has 6 heteroatoms. The maximum atomic E-state index is 11.9. The number of carbonyl (C=O) groups excluding carboxylic acids is 1. The Hall–Kier alpha value is -1.20. The summed E-state index contributed by atoms with van der Waals surface area (Å²) in [5.74, 6) is -0.180. The van der Waals surface area contributed by atoms with E-state index in [0.717, 1.165) is 19.4 Å². The van der Waals surface area contributed by atoms with E-state index in [-0.39, 0.29) is 11.9 Å². The molecule has 2 rings (SSSR count). The highest BCUT2D eigenvalue weighted by molar-refractivity contribution is 6.29. The number of hydrogen-bond donors (Lipinski definition) is 1. The summed E-state index contributed by atoms with van der Waals surface area (Å²) in [5.41, 5.74) is 0.311. The van der Waals surface area contributed by atoms with Gasteiger partial charge in [-0.25, -0.2) is 9.97 Å². The smallest absolute Gasteiger partial charge is 0.271 e. The maximum absolute atomic E-state index is 11.9. The van der Waals surface area contributed by atoms with Crippen LogP contribution in [-0.2, 0) is 0 Å². The lowest BCUT2D eigenvalue weighted by atomic mass is 9.99. The van der Waals surface area contributed by atoms with Gasteiger partial charge < -0.3 is 10.2 Å². The summed E-state index contributed by atoms with van der Waals surface area (Å²) in [5, 5.41) is 3.29. The molecule has 1 aromatic rings. The Bertz CT molecular complexity index is 423. The van der Waals surface area contributed by atoms with Crippen molar-refractivity contribution in [1.29, 1.82) is 0 Å². The van der Waals surface area contributed by atoms with E-state index < -0.39 is 0 Å². The second kappa shape index (κ2) is 5.63. The van der Waals surface area contributed by atoms with Crippen LogP contribution in [-0.4, -0.2) is 46.5 Å². The van der Waals surface area contributed by atoms with E-state index >= 15 is 0 Å². The minimum Gasteiger partial charge on any atom is -0.348 e. The molecule has 1 aliphatic rings. The normalized spacial score (nSPS) is 24.8. The SMILES string of the molecule is CC1CC(NC(=O)c2cnc(Cl)cn2)CCN1C. The molecule has 1 aliphatic heterocycles. The molecule has 0 saturated carbocycles. The van der Waals surface area contributed by atoms with Crippen LogP contribution in [0.4, 0.5) is 0 Å². The number of likely N-dealkylation sites (tertiary alicyclic amines) is 1. The molecule has 2 atom stereocenters. The van der Waals surface area contributed by atoms with Crippen LogP contribution in [0.15, 0.2) is 12.4 Å². The van der Waals surface area contributed by atoms with Gasteiger partial charge in [-0.15, -0.1) is 0 Å². The van der Waals surface area contributed by atoms with Crippen LogP contribution in [0.3, 0.4) is 0 Å². The maximum Gasteiger partial charge on any atom is 0.271 e. The Labute approximate surface area is 112 Å². The molecule has 5 nitrogen and oxygen atoms in total. The molecule has 1 aromatic heterocycles. The van der Waals surface area contributed by atoms with Crippen LogP contribution in [0.5, 0.6) is 0 Å². The van der Waals surface area contributed by atoms with Gasteiger partial charge in [-0.05, 0) is 26.8 Å². The molecule has 0 spiro atoms. The highest BCUT2D eigenvalue weighted by Crippen LogP contribution is 2.15. The lowest BCUT2D eigenvalue weighted by Crippen LogP contribution is -2.47. The van der Waals surface area contributed by atoms with Crippen molar-refractivity contribution in [3.05, 3.63) is 23.2 Å². The molecule has 0 bridgehead atoms. The van der Waals surface area contributed by atoms with Crippen LogP contribution in [0.1, 0.15) is 30.3 Å². The minimum absolute atomic E-state index is 0.180. The number of carbonyl (C=O) groups is 1. The fraction of sp³-hybridized carbons (Fsp3) is 0.583. The summed E-state index contributed by atoms with van der Waals surface area (Å²) in [4.78, 5) is 22.1. The highest BCUT2D eigenvalue weighted by atomic mass is 35.5. The van der Waals surface area contributed by atoms with Crippen molar-refractivity contribution in [3.63, 3.8) is 0 Å². The first-order chi connectivity index (χ1) is 8.56. The van der Waals surface area contributed by atoms with Crippen LogP contribution in [0.2, 0.25) is 5.15 Å². The van der Waals surface area contributed by atoms with Crippen LogP contribution in [0.25, 0.3) is 0 Å². The first kappa shape index (κ1) is 13.2. The van der Waals surface area contributed by atoms with Gasteiger partial charge in [0.2, 0.25) is 0 Å². The van der Waals surface area contributed by atoms with E-state index in [1.165, 1.54) is 12.4 Å². The van der Waals surface area contributed by atoms with Gasteiger partial charge in [-0.3, -0.25) is 4.79 Å². The molecule has 1 saturated heterocycles. The van der Waals surface area contributed by atoms with Crippen LogP contribution in [0, 0.1) is 0 Å². The molecule has 1 amide bonds. The predicted octanol–water partition coefficient (Wildman–Crippen LogP) is 1.34. The van der Waals surface area contributed by atoms with Crippen molar-refractivity contribution in [2.24, 2.45) is 0 Å². The monoisotopic (exact) mass is 268 g/mol. The molecule has 1 fully saturated rings. The van der Waals surface area contributed by atoms with Gasteiger partial charge in [-0.1, -0.05) is 11.6 Å². The van der Waals surface area contributed by atoms with Crippen molar-refractivity contribution >= 4 is 17.5 Å². The first-order valence-corrected chi connectivity index (χ1v) is 6.42. The van der Waals surface area contributed by atoms with E-state index in [9.17, 15) is 4.79 Å². The van der Waals surface area contributed by atoms with Gasteiger partial charge in [0.25, 0.3) is 5.91 Å². The van der Waals surface area contributed by atoms with Crippen molar-refractivity contribution in [1.82, 2.24) is 20.2 Å². The topological polar surface area (TPSA) is 58.1 Å². The summed E-state index contributed by atoms with van der Waals surface area (Å²) in [6.07, 6.45) is 4.71. The van der Waals surface area contributed by atoms with Crippen LogP contribution >= 0.6 is 11.6 Å². The van der Waals surface area contributed by atoms with E-state index in [2.05, 4.69) is 34.2 Å². The summed E-state index contributed by atoms with van der Waals surface area (Å²) in [7, 11) is 2.10. The summed E-state index contributed by atoms with van der Waals surface area (Å²) in [6, 6.07) is 0.696. The van der Waals surface area contributed by atoms with Gasteiger partial charge in [0.1, 0.15) is 10.8 Å².